The van der Waals surface area contributed by atoms with E-state index < -0.39 is 0 Å². The lowest BCUT2D eigenvalue weighted by Gasteiger charge is -2.34. The van der Waals surface area contributed by atoms with E-state index in [9.17, 15) is 4.79 Å². The third-order valence-corrected chi connectivity index (χ3v) is 6.40. The molecule has 0 aromatic carbocycles. The van der Waals surface area contributed by atoms with Gasteiger partial charge >= 0.3 is 0 Å². The average molecular weight is 353 g/mol. The predicted molar refractivity (Wildman–Crippen MR) is 96.0 cm³/mol. The van der Waals surface area contributed by atoms with Crippen LogP contribution in [0.1, 0.15) is 63.9 Å². The summed E-state index contributed by atoms with van der Waals surface area (Å²) in [6.45, 7) is 4.74. The summed E-state index contributed by atoms with van der Waals surface area (Å²) in [4.78, 5) is 21.4. The van der Waals surface area contributed by atoms with E-state index in [1.165, 1.54) is 10.4 Å². The maximum absolute atomic E-state index is 13.4. The van der Waals surface area contributed by atoms with Crippen molar-refractivity contribution in [1.82, 2.24) is 15.0 Å². The van der Waals surface area contributed by atoms with E-state index in [0.29, 0.717) is 17.2 Å². The van der Waals surface area contributed by atoms with Gasteiger partial charge in [0.1, 0.15) is 0 Å². The zero-order chi connectivity index (χ0) is 17.1. The van der Waals surface area contributed by atoms with Crippen molar-refractivity contribution in [3.63, 3.8) is 0 Å². The molecule has 0 bridgehead atoms. The highest BCUT2D eigenvalue weighted by molar-refractivity contribution is 7.10. The maximum Gasteiger partial charge on any atom is 0.259 e. The van der Waals surface area contributed by atoms with Gasteiger partial charge in [-0.3, -0.25) is 4.79 Å². The van der Waals surface area contributed by atoms with E-state index in [4.69, 9.17) is 4.52 Å². The van der Waals surface area contributed by atoms with Gasteiger partial charge in [-0.1, -0.05) is 5.16 Å². The van der Waals surface area contributed by atoms with Gasteiger partial charge in [-0.15, -0.1) is 11.3 Å². The molecule has 1 aliphatic carbocycles. The third kappa shape index (κ3) is 2.31. The van der Waals surface area contributed by atoms with Crippen molar-refractivity contribution in [2.24, 2.45) is 0 Å². The molecule has 1 atom stereocenters. The van der Waals surface area contributed by atoms with E-state index in [2.05, 4.69) is 28.5 Å². The fraction of sp³-hybridized carbons (Fsp3) is 0.421. The number of aromatic nitrogens is 2. The summed E-state index contributed by atoms with van der Waals surface area (Å²) in [5, 5.41) is 6.93. The van der Waals surface area contributed by atoms with Gasteiger partial charge in [-0.2, -0.15) is 0 Å². The van der Waals surface area contributed by atoms with Gasteiger partial charge in [0.25, 0.3) is 11.6 Å². The van der Waals surface area contributed by atoms with E-state index in [-0.39, 0.29) is 11.9 Å². The Hall–Kier alpha value is -2.21. The SMILES string of the molecule is Cc1noc2nc(C3CC3)cc(C(=O)N3CCc4sccc4C3C)c12. The minimum atomic E-state index is 0.0601. The smallest absolute Gasteiger partial charge is 0.259 e. The standard InChI is InChI=1S/C19H19N3O2S/c1-10-17-14(9-15(12-3-4-12)20-18(17)24-21-10)19(23)22-7-5-16-13(11(22)2)6-8-25-16/h6,8-9,11-12H,3-5,7H2,1-2H3. The number of pyridine rings is 1. The van der Waals surface area contributed by atoms with Gasteiger partial charge in [0, 0.05) is 23.0 Å². The van der Waals surface area contributed by atoms with Crippen molar-refractivity contribution in [2.45, 2.75) is 45.1 Å². The molecule has 1 fully saturated rings. The molecule has 2 aliphatic rings. The minimum Gasteiger partial charge on any atom is -0.336 e. The van der Waals surface area contributed by atoms with Crippen LogP contribution in [0.3, 0.4) is 0 Å². The monoisotopic (exact) mass is 353 g/mol. The molecule has 5 nitrogen and oxygen atoms in total. The van der Waals surface area contributed by atoms with Crippen molar-refractivity contribution in [2.75, 3.05) is 6.54 Å². The quantitative estimate of drug-likeness (QED) is 0.692. The van der Waals surface area contributed by atoms with Crippen molar-refractivity contribution in [1.29, 1.82) is 0 Å². The summed E-state index contributed by atoms with van der Waals surface area (Å²) in [7, 11) is 0. The highest BCUT2D eigenvalue weighted by Crippen LogP contribution is 2.41. The van der Waals surface area contributed by atoms with Crippen molar-refractivity contribution < 1.29 is 9.32 Å². The molecule has 1 aliphatic heterocycles. The van der Waals surface area contributed by atoms with Gasteiger partial charge in [-0.25, -0.2) is 4.98 Å². The van der Waals surface area contributed by atoms with Crippen LogP contribution in [0, 0.1) is 6.92 Å². The van der Waals surface area contributed by atoms with Crippen LogP contribution in [-0.4, -0.2) is 27.5 Å². The summed E-state index contributed by atoms with van der Waals surface area (Å²) in [6, 6.07) is 4.21. The van der Waals surface area contributed by atoms with Gasteiger partial charge in [0.05, 0.1) is 22.7 Å². The third-order valence-electron chi connectivity index (χ3n) is 5.40. The minimum absolute atomic E-state index is 0.0601. The number of amides is 1. The van der Waals surface area contributed by atoms with Crippen molar-refractivity contribution in [3.05, 3.63) is 44.9 Å². The molecular formula is C19H19N3O2S. The molecule has 0 spiro atoms. The van der Waals surface area contributed by atoms with Crippen LogP contribution in [0.4, 0.5) is 0 Å². The molecule has 0 radical (unpaired) electrons. The molecule has 1 amide bonds. The number of thiophene rings is 1. The number of rotatable bonds is 2. The number of aryl methyl sites for hydroxylation is 1. The number of hydrogen-bond donors (Lipinski definition) is 0. The Balaban J connectivity index is 1.60. The number of carbonyl (C=O) groups excluding carboxylic acids is 1. The van der Waals surface area contributed by atoms with Crippen LogP contribution < -0.4 is 0 Å². The molecular weight excluding hydrogens is 334 g/mol. The van der Waals surface area contributed by atoms with Crippen LogP contribution in [-0.2, 0) is 6.42 Å². The van der Waals surface area contributed by atoms with Crippen LogP contribution in [0.15, 0.2) is 22.0 Å². The van der Waals surface area contributed by atoms with Gasteiger partial charge in [0.2, 0.25) is 0 Å². The Kier molecular flexibility index (Phi) is 3.25. The topological polar surface area (TPSA) is 59.2 Å². The highest BCUT2D eigenvalue weighted by Gasteiger charge is 2.33. The highest BCUT2D eigenvalue weighted by atomic mass is 32.1. The average Bonchev–Trinajstić information content (AvgIpc) is 3.24. The first-order chi connectivity index (χ1) is 12.1. The predicted octanol–water partition coefficient (Wildman–Crippen LogP) is 4.23. The summed E-state index contributed by atoms with van der Waals surface area (Å²) in [5.74, 6) is 0.522. The zero-order valence-corrected chi connectivity index (χ0v) is 15.1. The molecule has 1 unspecified atom stereocenters. The Morgan fingerprint density at radius 1 is 1.40 bits per heavy atom. The molecule has 3 aromatic heterocycles. The lowest BCUT2D eigenvalue weighted by molar-refractivity contribution is 0.0681. The Morgan fingerprint density at radius 3 is 3.04 bits per heavy atom. The Labute approximate surface area is 149 Å². The second-order valence-electron chi connectivity index (χ2n) is 7.04. The summed E-state index contributed by atoms with van der Waals surface area (Å²) in [5.41, 5.74) is 4.16. The zero-order valence-electron chi connectivity index (χ0n) is 14.3. The summed E-state index contributed by atoms with van der Waals surface area (Å²) in [6.07, 6.45) is 3.20. The van der Waals surface area contributed by atoms with Crippen molar-refractivity contribution >= 4 is 28.3 Å². The lowest BCUT2D eigenvalue weighted by Crippen LogP contribution is -2.38. The first kappa shape index (κ1) is 15.1. The van der Waals surface area contributed by atoms with Crippen LogP contribution in [0.2, 0.25) is 0 Å². The number of fused-ring (bicyclic) bond motifs is 2. The molecule has 0 N–H and O–H groups in total. The second-order valence-corrected chi connectivity index (χ2v) is 8.04. The van der Waals surface area contributed by atoms with Gasteiger partial charge < -0.3 is 9.42 Å². The second kappa shape index (κ2) is 5.39. The fourth-order valence-corrected chi connectivity index (χ4v) is 4.78. The van der Waals surface area contributed by atoms with Crippen LogP contribution in [0.5, 0.6) is 0 Å². The number of nitrogens with zero attached hydrogens (tertiary/aromatic N) is 3. The first-order valence-electron chi connectivity index (χ1n) is 8.77. The Bertz CT molecular complexity index is 986. The van der Waals surface area contributed by atoms with Crippen LogP contribution in [0.25, 0.3) is 11.1 Å². The van der Waals surface area contributed by atoms with Crippen LogP contribution >= 0.6 is 11.3 Å². The molecule has 3 aromatic rings. The lowest BCUT2D eigenvalue weighted by atomic mass is 9.99. The van der Waals surface area contributed by atoms with E-state index in [0.717, 1.165) is 42.6 Å². The fourth-order valence-electron chi connectivity index (χ4n) is 3.81. The molecule has 0 saturated heterocycles. The Morgan fingerprint density at radius 2 is 2.24 bits per heavy atom. The first-order valence-corrected chi connectivity index (χ1v) is 9.65. The summed E-state index contributed by atoms with van der Waals surface area (Å²) >= 11 is 1.79. The van der Waals surface area contributed by atoms with E-state index in [1.807, 2.05) is 17.9 Å². The molecule has 5 rings (SSSR count). The van der Waals surface area contributed by atoms with Gasteiger partial charge in [0.15, 0.2) is 0 Å². The number of carbonyl (C=O) groups is 1. The largest absolute Gasteiger partial charge is 0.336 e. The van der Waals surface area contributed by atoms with E-state index in [1.54, 1.807) is 11.3 Å². The number of hydrogen-bond acceptors (Lipinski definition) is 5. The normalized spacial score (nSPS) is 20.1. The maximum atomic E-state index is 13.4. The molecule has 6 heteroatoms. The molecule has 4 heterocycles. The van der Waals surface area contributed by atoms with E-state index >= 15 is 0 Å². The summed E-state index contributed by atoms with van der Waals surface area (Å²) < 4.78 is 5.39. The van der Waals surface area contributed by atoms with Gasteiger partial charge in [-0.05, 0) is 56.2 Å². The molecule has 128 valence electrons. The van der Waals surface area contributed by atoms with Crippen molar-refractivity contribution in [3.8, 4) is 0 Å². The molecule has 25 heavy (non-hydrogen) atoms. The molecule has 1 saturated carbocycles.